The second-order valence-electron chi connectivity index (χ2n) is 6.75. The van der Waals surface area contributed by atoms with Crippen molar-refractivity contribution in [2.24, 2.45) is 0 Å². The van der Waals surface area contributed by atoms with E-state index < -0.39 is 6.04 Å². The summed E-state index contributed by atoms with van der Waals surface area (Å²) in [4.78, 5) is 14.8. The lowest BCUT2D eigenvalue weighted by Gasteiger charge is -2.30. The Kier molecular flexibility index (Phi) is 6.93. The first-order chi connectivity index (χ1) is 13.7. The van der Waals surface area contributed by atoms with Crippen LogP contribution in [-0.4, -0.2) is 24.0 Å². The van der Waals surface area contributed by atoms with E-state index in [9.17, 15) is 9.18 Å². The van der Waals surface area contributed by atoms with Gasteiger partial charge in [0.05, 0.1) is 7.11 Å². The molecule has 3 aromatic carbocycles. The van der Waals surface area contributed by atoms with Crippen LogP contribution in [0.4, 0.5) is 4.39 Å². The summed E-state index contributed by atoms with van der Waals surface area (Å²) in [6.07, 6.45) is 0.451. The Balaban J connectivity index is 1.89. The molecule has 0 amide bonds. The number of methoxy groups -OCH3 is 1. The molecular weight excluding hydrogens is 353 g/mol. The highest BCUT2D eigenvalue weighted by molar-refractivity contribution is 5.76. The molecule has 0 N–H and O–H groups in total. The lowest BCUT2D eigenvalue weighted by molar-refractivity contribution is -0.147. The van der Waals surface area contributed by atoms with Gasteiger partial charge in [-0.3, -0.25) is 9.69 Å². The van der Waals surface area contributed by atoms with Crippen LogP contribution < -0.4 is 0 Å². The molecule has 144 valence electrons. The SMILES string of the molecule is COC(=O)C(Cc1ccc(F)cc1)N(Cc1ccccc1)Cc1ccccc1. The molecule has 0 aliphatic carbocycles. The Morgan fingerprint density at radius 3 is 1.79 bits per heavy atom. The van der Waals surface area contributed by atoms with Gasteiger partial charge in [-0.15, -0.1) is 0 Å². The molecule has 1 unspecified atom stereocenters. The Hall–Kier alpha value is -2.98. The number of ether oxygens (including phenoxy) is 1. The Labute approximate surface area is 165 Å². The van der Waals surface area contributed by atoms with Crippen LogP contribution in [0.2, 0.25) is 0 Å². The third kappa shape index (κ3) is 5.51. The fourth-order valence-electron chi connectivity index (χ4n) is 3.25. The van der Waals surface area contributed by atoms with Gasteiger partial charge in [0.2, 0.25) is 0 Å². The van der Waals surface area contributed by atoms with Crippen LogP contribution in [0.25, 0.3) is 0 Å². The molecule has 0 aliphatic rings. The van der Waals surface area contributed by atoms with Crippen molar-refractivity contribution in [3.63, 3.8) is 0 Å². The minimum absolute atomic E-state index is 0.288. The molecule has 3 rings (SSSR count). The summed E-state index contributed by atoms with van der Waals surface area (Å²) in [5, 5.41) is 0. The molecule has 3 aromatic rings. The Bertz CT molecular complexity index is 825. The number of benzene rings is 3. The van der Waals surface area contributed by atoms with Crippen molar-refractivity contribution in [2.45, 2.75) is 25.6 Å². The van der Waals surface area contributed by atoms with Crippen molar-refractivity contribution in [1.29, 1.82) is 0 Å². The summed E-state index contributed by atoms with van der Waals surface area (Å²) in [5.41, 5.74) is 3.13. The van der Waals surface area contributed by atoms with E-state index in [2.05, 4.69) is 4.90 Å². The molecule has 4 heteroatoms. The summed E-state index contributed by atoms with van der Waals surface area (Å²) in [6, 6.07) is 25.9. The van der Waals surface area contributed by atoms with Crippen LogP contribution in [0, 0.1) is 5.82 Å². The molecule has 1 atom stereocenters. The predicted octanol–water partition coefficient (Wildman–Crippen LogP) is 4.61. The quantitative estimate of drug-likeness (QED) is 0.537. The molecule has 0 aromatic heterocycles. The molecule has 0 bridgehead atoms. The van der Waals surface area contributed by atoms with Crippen molar-refractivity contribution in [1.82, 2.24) is 4.90 Å². The highest BCUT2D eigenvalue weighted by Gasteiger charge is 2.27. The molecule has 0 fully saturated rings. The molecule has 0 saturated carbocycles. The number of halogens is 1. The van der Waals surface area contributed by atoms with Crippen LogP contribution in [0.15, 0.2) is 84.9 Å². The monoisotopic (exact) mass is 377 g/mol. The minimum atomic E-state index is -0.476. The minimum Gasteiger partial charge on any atom is -0.468 e. The third-order valence-electron chi connectivity index (χ3n) is 4.71. The second-order valence-corrected chi connectivity index (χ2v) is 6.75. The first-order valence-electron chi connectivity index (χ1n) is 9.30. The maximum atomic E-state index is 13.3. The summed E-state index contributed by atoms with van der Waals surface area (Å²) in [6.45, 7) is 1.22. The number of hydrogen-bond acceptors (Lipinski definition) is 3. The van der Waals surface area contributed by atoms with Crippen molar-refractivity contribution >= 4 is 5.97 Å². The van der Waals surface area contributed by atoms with Crippen molar-refractivity contribution in [3.05, 3.63) is 107 Å². The van der Waals surface area contributed by atoms with Gasteiger partial charge in [-0.1, -0.05) is 72.8 Å². The summed E-state index contributed by atoms with van der Waals surface area (Å²) < 4.78 is 18.4. The van der Waals surface area contributed by atoms with E-state index in [0.29, 0.717) is 19.5 Å². The van der Waals surface area contributed by atoms with Gasteiger partial charge in [0, 0.05) is 13.1 Å². The van der Waals surface area contributed by atoms with Gasteiger partial charge in [0.1, 0.15) is 11.9 Å². The summed E-state index contributed by atoms with van der Waals surface area (Å²) in [7, 11) is 1.41. The lowest BCUT2D eigenvalue weighted by Crippen LogP contribution is -2.42. The zero-order valence-electron chi connectivity index (χ0n) is 15.9. The van der Waals surface area contributed by atoms with E-state index in [1.54, 1.807) is 12.1 Å². The van der Waals surface area contributed by atoms with Gasteiger partial charge >= 0.3 is 5.97 Å². The van der Waals surface area contributed by atoms with Gasteiger partial charge in [-0.2, -0.15) is 0 Å². The van der Waals surface area contributed by atoms with E-state index in [4.69, 9.17) is 4.74 Å². The molecule has 0 spiro atoms. The molecule has 28 heavy (non-hydrogen) atoms. The van der Waals surface area contributed by atoms with E-state index in [-0.39, 0.29) is 11.8 Å². The maximum absolute atomic E-state index is 13.3. The van der Waals surface area contributed by atoms with Gasteiger partial charge < -0.3 is 4.74 Å². The van der Waals surface area contributed by atoms with Crippen LogP contribution in [0.5, 0.6) is 0 Å². The fourth-order valence-corrected chi connectivity index (χ4v) is 3.25. The van der Waals surface area contributed by atoms with Gasteiger partial charge in [-0.25, -0.2) is 4.39 Å². The van der Waals surface area contributed by atoms with Gasteiger partial charge in [-0.05, 0) is 35.2 Å². The van der Waals surface area contributed by atoms with Crippen LogP contribution in [0.3, 0.4) is 0 Å². The topological polar surface area (TPSA) is 29.5 Å². The lowest BCUT2D eigenvalue weighted by atomic mass is 10.0. The molecule has 0 heterocycles. The van der Waals surface area contributed by atoms with Crippen LogP contribution in [-0.2, 0) is 29.0 Å². The highest BCUT2D eigenvalue weighted by atomic mass is 19.1. The van der Waals surface area contributed by atoms with Crippen molar-refractivity contribution < 1.29 is 13.9 Å². The summed E-state index contributed by atoms with van der Waals surface area (Å²) in [5.74, 6) is -0.583. The largest absolute Gasteiger partial charge is 0.468 e. The first kappa shape index (κ1) is 19.8. The van der Waals surface area contributed by atoms with Crippen LogP contribution >= 0.6 is 0 Å². The molecule has 0 aliphatic heterocycles. The van der Waals surface area contributed by atoms with E-state index in [0.717, 1.165) is 16.7 Å². The molecule has 0 radical (unpaired) electrons. The number of carbonyl (C=O) groups is 1. The van der Waals surface area contributed by atoms with Crippen molar-refractivity contribution in [3.8, 4) is 0 Å². The van der Waals surface area contributed by atoms with Gasteiger partial charge in [0.15, 0.2) is 0 Å². The van der Waals surface area contributed by atoms with Crippen molar-refractivity contribution in [2.75, 3.05) is 7.11 Å². The molecule has 0 saturated heterocycles. The normalized spacial score (nSPS) is 12.0. The van der Waals surface area contributed by atoms with E-state index in [1.165, 1.54) is 19.2 Å². The summed E-state index contributed by atoms with van der Waals surface area (Å²) >= 11 is 0. The smallest absolute Gasteiger partial charge is 0.323 e. The standard InChI is InChI=1S/C24H24FNO2/c1-28-24(27)23(16-19-12-14-22(25)15-13-19)26(17-20-8-4-2-5-9-20)18-21-10-6-3-7-11-21/h2-15,23H,16-18H2,1H3. The van der Waals surface area contributed by atoms with Gasteiger partial charge in [0.25, 0.3) is 0 Å². The maximum Gasteiger partial charge on any atom is 0.323 e. The number of carbonyl (C=O) groups excluding carboxylic acids is 1. The van der Waals surface area contributed by atoms with Crippen LogP contribution in [0.1, 0.15) is 16.7 Å². The number of esters is 1. The highest BCUT2D eigenvalue weighted by Crippen LogP contribution is 2.18. The predicted molar refractivity (Wildman–Crippen MR) is 108 cm³/mol. The second kappa shape index (κ2) is 9.81. The number of hydrogen-bond donors (Lipinski definition) is 0. The Morgan fingerprint density at radius 1 is 0.821 bits per heavy atom. The zero-order chi connectivity index (χ0) is 19.8. The third-order valence-corrected chi connectivity index (χ3v) is 4.71. The average molecular weight is 377 g/mol. The fraction of sp³-hybridized carbons (Fsp3) is 0.208. The van der Waals surface area contributed by atoms with E-state index >= 15 is 0 Å². The number of nitrogens with zero attached hydrogens (tertiary/aromatic N) is 1. The zero-order valence-corrected chi connectivity index (χ0v) is 15.9. The number of rotatable bonds is 8. The molecule has 3 nitrogen and oxygen atoms in total. The Morgan fingerprint density at radius 2 is 1.32 bits per heavy atom. The average Bonchev–Trinajstić information content (AvgIpc) is 2.74. The molecular formula is C24H24FNO2. The van der Waals surface area contributed by atoms with E-state index in [1.807, 2.05) is 60.7 Å². The first-order valence-corrected chi connectivity index (χ1v) is 9.30.